The molecule has 44 heavy (non-hydrogen) atoms. The zero-order chi connectivity index (χ0) is 30.2. The molecule has 2 amide bonds. The Morgan fingerprint density at radius 3 is 2.50 bits per heavy atom. The number of hydroxylamine groups is 2. The number of nitrogens with zero attached hydrogens (tertiary/aromatic N) is 2. The van der Waals surface area contributed by atoms with E-state index in [2.05, 4.69) is 40.0 Å². The quantitative estimate of drug-likeness (QED) is 0.338. The second kappa shape index (κ2) is 10.7. The Kier molecular flexibility index (Phi) is 7.03. The number of benzene rings is 2. The van der Waals surface area contributed by atoms with Crippen LogP contribution in [0.1, 0.15) is 36.0 Å². The number of amides is 2. The Balaban J connectivity index is 1.17. The third-order valence-corrected chi connectivity index (χ3v) is 10.9. The fourth-order valence-electron chi connectivity index (χ4n) is 8.36. The summed E-state index contributed by atoms with van der Waals surface area (Å²) in [5.41, 5.74) is 1.89. The maximum absolute atomic E-state index is 14.9. The number of esters is 1. The smallest absolute Gasteiger partial charge is 0.327 e. The van der Waals surface area contributed by atoms with Crippen molar-refractivity contribution in [1.29, 1.82) is 0 Å². The van der Waals surface area contributed by atoms with E-state index in [0.29, 0.717) is 32.2 Å². The third kappa shape index (κ3) is 4.36. The van der Waals surface area contributed by atoms with Crippen molar-refractivity contribution in [2.24, 2.45) is 5.41 Å². The molecule has 0 aromatic heterocycles. The van der Waals surface area contributed by atoms with Crippen LogP contribution >= 0.6 is 22.6 Å². The summed E-state index contributed by atoms with van der Waals surface area (Å²) in [7, 11) is 0. The summed E-state index contributed by atoms with van der Waals surface area (Å²) in [6.45, 7) is 0.566. The van der Waals surface area contributed by atoms with Crippen LogP contribution in [-0.4, -0.2) is 94.8 Å². The predicted molar refractivity (Wildman–Crippen MR) is 161 cm³/mol. The van der Waals surface area contributed by atoms with Crippen LogP contribution in [0.4, 0.5) is 0 Å². The zero-order valence-corrected chi connectivity index (χ0v) is 26.2. The summed E-state index contributed by atoms with van der Waals surface area (Å²) >= 11 is 2.24. The molecule has 2 aromatic carbocycles. The van der Waals surface area contributed by atoms with Gasteiger partial charge in [0.15, 0.2) is 11.8 Å². The lowest BCUT2D eigenvalue weighted by Gasteiger charge is -2.50. The van der Waals surface area contributed by atoms with E-state index in [-0.39, 0.29) is 37.9 Å². The normalized spacial score (nSPS) is 34.6. The van der Waals surface area contributed by atoms with Crippen LogP contribution in [0.15, 0.2) is 48.5 Å². The molecule has 2 bridgehead atoms. The van der Waals surface area contributed by atoms with Crippen LogP contribution < -0.4 is 5.32 Å². The number of likely N-dealkylation sites (tertiary alicyclic amines) is 1. The Labute approximate surface area is 268 Å². The monoisotopic (exact) mass is 715 g/mol. The molecule has 12 heteroatoms. The number of hydrogen-bond donors (Lipinski definition) is 2. The van der Waals surface area contributed by atoms with Crippen molar-refractivity contribution in [2.45, 2.75) is 80.9 Å². The minimum absolute atomic E-state index is 0.106. The number of hydrogen-bond acceptors (Lipinski definition) is 9. The van der Waals surface area contributed by atoms with Gasteiger partial charge in [-0.25, -0.2) is 0 Å². The first-order valence-electron chi connectivity index (χ1n) is 15.3. The number of halogens is 1. The molecule has 11 nitrogen and oxygen atoms in total. The van der Waals surface area contributed by atoms with Crippen LogP contribution in [0, 0.1) is 8.99 Å². The lowest BCUT2D eigenvalue weighted by atomic mass is 9.62. The van der Waals surface area contributed by atoms with Gasteiger partial charge in [0.05, 0.1) is 13.2 Å². The first-order valence-corrected chi connectivity index (χ1v) is 16.4. The molecule has 6 aliphatic rings. The molecule has 232 valence electrons. The molecule has 0 radical (unpaired) electrons. The van der Waals surface area contributed by atoms with Gasteiger partial charge in [0, 0.05) is 35.9 Å². The second-order valence-corrected chi connectivity index (χ2v) is 14.0. The third-order valence-electron chi connectivity index (χ3n) is 10.2. The highest BCUT2D eigenvalue weighted by Gasteiger charge is 2.77. The molecule has 1 spiro atoms. The molecule has 2 aromatic rings. The zero-order valence-electron chi connectivity index (χ0n) is 24.0. The van der Waals surface area contributed by atoms with Gasteiger partial charge in [-0.2, -0.15) is 5.06 Å². The summed E-state index contributed by atoms with van der Waals surface area (Å²) in [4.78, 5) is 50.3. The minimum atomic E-state index is -1.33. The number of ether oxygens (including phenoxy) is 3. The number of aliphatic hydroxyl groups excluding tert-OH is 1. The number of fused-ring (bicyclic) bond motifs is 5. The van der Waals surface area contributed by atoms with Gasteiger partial charge >= 0.3 is 5.97 Å². The van der Waals surface area contributed by atoms with E-state index in [1.165, 1.54) is 0 Å². The number of carbonyl (C=O) groups excluding carboxylic acids is 3. The lowest BCUT2D eigenvalue weighted by molar-refractivity contribution is -0.218. The van der Waals surface area contributed by atoms with Crippen molar-refractivity contribution in [1.82, 2.24) is 15.3 Å². The number of carbonyl (C=O) groups is 3. The summed E-state index contributed by atoms with van der Waals surface area (Å²) in [5.74, 6) is -2.06. The predicted octanol–water partition coefficient (Wildman–Crippen LogP) is 1.47. The minimum Gasteiger partial charge on any atom is -0.458 e. The van der Waals surface area contributed by atoms with Crippen molar-refractivity contribution in [2.75, 3.05) is 19.7 Å². The Bertz CT molecular complexity index is 1480. The maximum Gasteiger partial charge on any atom is 0.327 e. The molecule has 4 heterocycles. The average molecular weight is 716 g/mol. The molecule has 2 aliphatic carbocycles. The number of rotatable bonds is 6. The summed E-state index contributed by atoms with van der Waals surface area (Å²) < 4.78 is 20.7. The molecule has 1 saturated carbocycles. The van der Waals surface area contributed by atoms with E-state index in [9.17, 15) is 19.5 Å². The first-order chi connectivity index (χ1) is 21.3. The Morgan fingerprint density at radius 2 is 1.77 bits per heavy atom. The van der Waals surface area contributed by atoms with Crippen molar-refractivity contribution in [3.8, 4) is 0 Å². The molecular formula is C32H34IN3O8. The second-order valence-electron chi connectivity index (χ2n) is 12.7. The molecular weight excluding hydrogens is 681 g/mol. The van der Waals surface area contributed by atoms with E-state index >= 15 is 0 Å². The van der Waals surface area contributed by atoms with E-state index < -0.39 is 53.7 Å². The molecule has 8 rings (SSSR count). The molecule has 2 N–H and O–H groups in total. The standard InChI is InChI=1S/C32H34IN3O8/c33-21-9-7-18(8-10-21)17-36-26-29(39)41-23-16-32(26,30(40)35-12-3-6-22(35)28(38)34-11-13-37)27(44-36)25-24(23)42-31(43-25)14-19-4-1-2-5-20(19)15-31/h1-2,4-5,7-10,22-27,37H,3,6,11-17H2,(H,34,38). The molecule has 7 unspecified atom stereocenters. The van der Waals surface area contributed by atoms with Crippen LogP contribution in [0.25, 0.3) is 0 Å². The highest BCUT2D eigenvalue weighted by atomic mass is 127. The van der Waals surface area contributed by atoms with Crippen molar-refractivity contribution in [3.63, 3.8) is 0 Å². The molecule has 4 aliphatic heterocycles. The Hall–Kier alpha value is -2.62. The fraction of sp³-hybridized carbons (Fsp3) is 0.531. The van der Waals surface area contributed by atoms with Crippen molar-refractivity contribution >= 4 is 40.4 Å². The molecule has 7 atom stereocenters. The van der Waals surface area contributed by atoms with Gasteiger partial charge < -0.3 is 29.5 Å². The van der Waals surface area contributed by atoms with Crippen molar-refractivity contribution < 1.29 is 38.5 Å². The summed E-state index contributed by atoms with van der Waals surface area (Å²) in [6.07, 6.45) is -0.287. The van der Waals surface area contributed by atoms with Gasteiger partial charge in [-0.3, -0.25) is 19.2 Å². The topological polar surface area (TPSA) is 127 Å². The van der Waals surface area contributed by atoms with Gasteiger partial charge in [-0.05, 0) is 64.3 Å². The van der Waals surface area contributed by atoms with Gasteiger partial charge in [0.2, 0.25) is 11.8 Å². The van der Waals surface area contributed by atoms with E-state index in [1.54, 1.807) is 9.96 Å². The lowest BCUT2D eigenvalue weighted by Crippen LogP contribution is -2.70. The van der Waals surface area contributed by atoms with Gasteiger partial charge in [-0.1, -0.05) is 36.4 Å². The van der Waals surface area contributed by atoms with Crippen molar-refractivity contribution in [3.05, 3.63) is 68.8 Å². The summed E-state index contributed by atoms with van der Waals surface area (Å²) in [6, 6.07) is 14.4. The number of aliphatic hydroxyl groups is 1. The molecule has 5 fully saturated rings. The van der Waals surface area contributed by atoms with E-state index in [0.717, 1.165) is 20.3 Å². The summed E-state index contributed by atoms with van der Waals surface area (Å²) in [5, 5.41) is 13.6. The van der Waals surface area contributed by atoms with Crippen LogP contribution in [0.2, 0.25) is 0 Å². The highest BCUT2D eigenvalue weighted by molar-refractivity contribution is 14.1. The largest absolute Gasteiger partial charge is 0.458 e. The van der Waals surface area contributed by atoms with Gasteiger partial charge in [0.25, 0.3) is 0 Å². The Morgan fingerprint density at radius 1 is 1.05 bits per heavy atom. The van der Waals surface area contributed by atoms with Crippen LogP contribution in [-0.2, 0) is 52.8 Å². The SMILES string of the molecule is O=C(NCCO)C1CCCN1C(=O)C12CC3OC(=O)C1N(Cc1ccc(I)cc1)OC2C1OC2(Cc4ccccc4C2)OC31. The number of nitrogens with one attached hydrogen (secondary N) is 1. The van der Waals surface area contributed by atoms with Gasteiger partial charge in [0.1, 0.15) is 35.9 Å². The highest BCUT2D eigenvalue weighted by Crippen LogP contribution is 2.59. The van der Waals surface area contributed by atoms with Crippen LogP contribution in [0.3, 0.4) is 0 Å². The van der Waals surface area contributed by atoms with E-state index in [1.807, 2.05) is 36.4 Å². The fourth-order valence-corrected chi connectivity index (χ4v) is 8.72. The first kappa shape index (κ1) is 28.8. The molecule has 4 saturated heterocycles. The van der Waals surface area contributed by atoms with E-state index in [4.69, 9.17) is 19.0 Å². The maximum atomic E-state index is 14.9. The van der Waals surface area contributed by atoms with Crippen LogP contribution in [0.5, 0.6) is 0 Å². The van der Waals surface area contributed by atoms with Gasteiger partial charge in [-0.15, -0.1) is 0 Å². The average Bonchev–Trinajstić information content (AvgIpc) is 3.80.